The van der Waals surface area contributed by atoms with E-state index in [4.69, 9.17) is 0 Å². The van der Waals surface area contributed by atoms with Gasteiger partial charge in [0.25, 0.3) is 5.56 Å². The predicted molar refractivity (Wildman–Crippen MR) is 105 cm³/mol. The highest BCUT2D eigenvalue weighted by Gasteiger charge is 2.12. The fraction of sp³-hybridized carbons (Fsp3) is 0.300. The van der Waals surface area contributed by atoms with Crippen LogP contribution in [0.2, 0.25) is 0 Å². The summed E-state index contributed by atoms with van der Waals surface area (Å²) in [6.07, 6.45) is 2.42. The molecule has 1 amide bonds. The van der Waals surface area contributed by atoms with Gasteiger partial charge in [-0.25, -0.2) is 9.78 Å². The molecule has 0 aliphatic rings. The molecule has 0 saturated heterocycles. The van der Waals surface area contributed by atoms with Crippen molar-refractivity contribution in [2.75, 3.05) is 5.32 Å². The average Bonchev–Trinajstić information content (AvgIpc) is 2.64. The Bertz CT molecular complexity index is 1160. The van der Waals surface area contributed by atoms with Gasteiger partial charge < -0.3 is 5.32 Å². The fourth-order valence-corrected chi connectivity index (χ4v) is 3.13. The molecule has 7 heteroatoms. The summed E-state index contributed by atoms with van der Waals surface area (Å²) >= 11 is 0. The highest BCUT2D eigenvalue weighted by atomic mass is 16.2. The van der Waals surface area contributed by atoms with Gasteiger partial charge in [0.05, 0.1) is 17.3 Å². The van der Waals surface area contributed by atoms with E-state index >= 15 is 0 Å². The molecule has 0 unspecified atom stereocenters. The van der Waals surface area contributed by atoms with Gasteiger partial charge in [-0.2, -0.15) is 0 Å². The molecule has 3 aromatic rings. The van der Waals surface area contributed by atoms with Crippen molar-refractivity contribution >= 4 is 22.6 Å². The third-order valence-corrected chi connectivity index (χ3v) is 4.70. The summed E-state index contributed by atoms with van der Waals surface area (Å²) in [6, 6.07) is 7.73. The van der Waals surface area contributed by atoms with E-state index in [1.807, 2.05) is 26.0 Å². The van der Waals surface area contributed by atoms with Crippen molar-refractivity contribution in [3.8, 4) is 0 Å². The Kier molecular flexibility index (Phi) is 4.94. The highest BCUT2D eigenvalue weighted by Crippen LogP contribution is 2.15. The van der Waals surface area contributed by atoms with Crippen molar-refractivity contribution in [1.82, 2.24) is 14.1 Å². The number of benzene rings is 1. The Labute approximate surface area is 156 Å². The summed E-state index contributed by atoms with van der Waals surface area (Å²) in [5.41, 5.74) is 3.34. The van der Waals surface area contributed by atoms with Gasteiger partial charge in [-0.3, -0.25) is 18.7 Å². The van der Waals surface area contributed by atoms with E-state index in [9.17, 15) is 14.4 Å². The Balaban J connectivity index is 1.79. The van der Waals surface area contributed by atoms with Crippen LogP contribution in [0.3, 0.4) is 0 Å². The maximum atomic E-state index is 12.3. The second kappa shape index (κ2) is 7.19. The molecule has 2 heterocycles. The maximum Gasteiger partial charge on any atom is 0.332 e. The molecule has 0 fully saturated rings. The molecule has 3 rings (SSSR count). The van der Waals surface area contributed by atoms with E-state index in [1.54, 1.807) is 13.1 Å². The van der Waals surface area contributed by atoms with E-state index in [-0.39, 0.29) is 16.9 Å². The lowest BCUT2D eigenvalue weighted by atomic mass is 10.0. The summed E-state index contributed by atoms with van der Waals surface area (Å²) < 4.78 is 2.33. The molecule has 7 nitrogen and oxygen atoms in total. The number of fused-ring (bicyclic) bond motifs is 1. The van der Waals surface area contributed by atoms with Gasteiger partial charge in [0.15, 0.2) is 0 Å². The first-order valence-corrected chi connectivity index (χ1v) is 8.69. The number of anilines is 1. The minimum atomic E-state index is -0.440. The molecule has 140 valence electrons. The summed E-state index contributed by atoms with van der Waals surface area (Å²) in [7, 11) is 2.97. The SMILES string of the molecule is Cc1ccc(CCC(=O)Nc2cnc3c(c2)c(=O)n(C)c(=O)n3C)c(C)c1. The van der Waals surface area contributed by atoms with Gasteiger partial charge >= 0.3 is 5.69 Å². The standard InChI is InChI=1S/C20H22N4O3/c1-12-5-6-14(13(2)9-12)7-8-17(25)22-15-10-16-18(21-11-15)23(3)20(27)24(4)19(16)26/h5-6,9-11H,7-8H2,1-4H3,(H,22,25). The van der Waals surface area contributed by atoms with Gasteiger partial charge in [-0.15, -0.1) is 0 Å². The van der Waals surface area contributed by atoms with Crippen molar-refractivity contribution < 1.29 is 4.79 Å². The summed E-state index contributed by atoms with van der Waals surface area (Å²) in [5.74, 6) is -0.155. The summed E-state index contributed by atoms with van der Waals surface area (Å²) in [4.78, 5) is 40.7. The molecular formula is C20H22N4O3. The second-order valence-corrected chi connectivity index (χ2v) is 6.78. The molecule has 0 spiro atoms. The van der Waals surface area contributed by atoms with Crippen LogP contribution in [0.15, 0.2) is 40.1 Å². The lowest BCUT2D eigenvalue weighted by Gasteiger charge is -2.10. The molecule has 0 aliphatic carbocycles. The van der Waals surface area contributed by atoms with Crippen LogP contribution in [-0.2, 0) is 25.3 Å². The largest absolute Gasteiger partial charge is 0.332 e. The quantitative estimate of drug-likeness (QED) is 0.763. The minimum absolute atomic E-state index is 0.155. The zero-order valence-corrected chi connectivity index (χ0v) is 15.9. The second-order valence-electron chi connectivity index (χ2n) is 6.78. The van der Waals surface area contributed by atoms with Crippen LogP contribution in [0.4, 0.5) is 5.69 Å². The van der Waals surface area contributed by atoms with Crippen molar-refractivity contribution in [1.29, 1.82) is 0 Å². The van der Waals surface area contributed by atoms with Gasteiger partial charge in [-0.05, 0) is 37.5 Å². The fourth-order valence-electron chi connectivity index (χ4n) is 3.13. The molecule has 0 bridgehead atoms. The Morgan fingerprint density at radius 1 is 1.11 bits per heavy atom. The third-order valence-electron chi connectivity index (χ3n) is 4.70. The van der Waals surface area contributed by atoms with Gasteiger partial charge in [0.2, 0.25) is 5.91 Å². The molecule has 1 N–H and O–H groups in total. The van der Waals surface area contributed by atoms with E-state index in [0.29, 0.717) is 18.5 Å². The van der Waals surface area contributed by atoms with E-state index in [1.165, 1.54) is 28.9 Å². The molecule has 0 aliphatic heterocycles. The lowest BCUT2D eigenvalue weighted by molar-refractivity contribution is -0.116. The van der Waals surface area contributed by atoms with Crippen molar-refractivity contribution in [3.63, 3.8) is 0 Å². The number of hydrogen-bond acceptors (Lipinski definition) is 4. The van der Waals surface area contributed by atoms with Crippen molar-refractivity contribution in [3.05, 3.63) is 68.0 Å². The number of carbonyl (C=O) groups excluding carboxylic acids is 1. The normalized spacial score (nSPS) is 11.0. The van der Waals surface area contributed by atoms with Crippen LogP contribution in [-0.4, -0.2) is 20.0 Å². The first-order chi connectivity index (χ1) is 12.8. The molecule has 0 radical (unpaired) electrons. The zero-order valence-electron chi connectivity index (χ0n) is 15.9. The number of carbonyl (C=O) groups is 1. The molecule has 27 heavy (non-hydrogen) atoms. The number of nitrogens with one attached hydrogen (secondary N) is 1. The average molecular weight is 366 g/mol. The first kappa shape index (κ1) is 18.6. The zero-order chi connectivity index (χ0) is 19.7. The van der Waals surface area contributed by atoms with Gasteiger partial charge in [0, 0.05) is 20.5 Å². The predicted octanol–water partition coefficient (Wildman–Crippen LogP) is 1.82. The third kappa shape index (κ3) is 3.67. The van der Waals surface area contributed by atoms with Gasteiger partial charge in [0.1, 0.15) is 5.65 Å². The number of nitrogens with zero attached hydrogens (tertiary/aromatic N) is 3. The smallest absolute Gasteiger partial charge is 0.325 e. The van der Waals surface area contributed by atoms with E-state index in [0.717, 1.165) is 10.1 Å². The Morgan fingerprint density at radius 3 is 2.56 bits per heavy atom. The number of rotatable bonds is 4. The first-order valence-electron chi connectivity index (χ1n) is 8.69. The van der Waals surface area contributed by atoms with Crippen LogP contribution in [0.25, 0.3) is 11.0 Å². The van der Waals surface area contributed by atoms with Crippen LogP contribution >= 0.6 is 0 Å². The van der Waals surface area contributed by atoms with Crippen LogP contribution < -0.4 is 16.6 Å². The molecule has 0 saturated carbocycles. The summed E-state index contributed by atoms with van der Waals surface area (Å²) in [5, 5.41) is 3.06. The summed E-state index contributed by atoms with van der Waals surface area (Å²) in [6.45, 7) is 4.07. The number of aryl methyl sites for hydroxylation is 4. The number of pyridine rings is 1. The Hall–Kier alpha value is -3.22. The van der Waals surface area contributed by atoms with E-state index in [2.05, 4.69) is 16.4 Å². The van der Waals surface area contributed by atoms with Crippen LogP contribution in [0, 0.1) is 13.8 Å². The number of aromatic nitrogens is 3. The monoisotopic (exact) mass is 366 g/mol. The minimum Gasteiger partial charge on any atom is -0.325 e. The van der Waals surface area contributed by atoms with E-state index < -0.39 is 11.2 Å². The lowest BCUT2D eigenvalue weighted by Crippen LogP contribution is -2.37. The van der Waals surface area contributed by atoms with Crippen LogP contribution in [0.5, 0.6) is 0 Å². The topological polar surface area (TPSA) is 86.0 Å². The molecule has 0 atom stereocenters. The number of hydrogen-bond donors (Lipinski definition) is 1. The van der Waals surface area contributed by atoms with Crippen molar-refractivity contribution in [2.24, 2.45) is 14.1 Å². The highest BCUT2D eigenvalue weighted by molar-refractivity contribution is 5.92. The molecule has 1 aromatic carbocycles. The van der Waals surface area contributed by atoms with Crippen LogP contribution in [0.1, 0.15) is 23.1 Å². The van der Waals surface area contributed by atoms with Crippen molar-refractivity contribution in [2.45, 2.75) is 26.7 Å². The number of amides is 1. The molecular weight excluding hydrogens is 344 g/mol. The maximum absolute atomic E-state index is 12.3. The molecule has 2 aromatic heterocycles. The Morgan fingerprint density at radius 2 is 1.85 bits per heavy atom. The van der Waals surface area contributed by atoms with Gasteiger partial charge in [-0.1, -0.05) is 23.8 Å².